The van der Waals surface area contributed by atoms with Crippen molar-refractivity contribution in [3.63, 3.8) is 0 Å². The van der Waals surface area contributed by atoms with Crippen molar-refractivity contribution in [2.24, 2.45) is 5.92 Å². The van der Waals surface area contributed by atoms with Crippen LogP contribution in [0.15, 0.2) is 33.3 Å². The van der Waals surface area contributed by atoms with Crippen LogP contribution in [0.2, 0.25) is 0 Å². The summed E-state index contributed by atoms with van der Waals surface area (Å²) in [6, 6.07) is 7.62. The summed E-state index contributed by atoms with van der Waals surface area (Å²) in [5.41, 5.74) is 0.843. The third-order valence-electron chi connectivity index (χ3n) is 3.96. The Morgan fingerprint density at radius 1 is 1.29 bits per heavy atom. The summed E-state index contributed by atoms with van der Waals surface area (Å²) in [6.45, 7) is 0. The fraction of sp³-hybridized carbons (Fsp3) is 0.400. The van der Waals surface area contributed by atoms with Gasteiger partial charge in [0.2, 0.25) is 11.7 Å². The zero-order chi connectivity index (χ0) is 14.8. The van der Waals surface area contributed by atoms with Gasteiger partial charge in [0, 0.05) is 10.0 Å². The topological polar surface area (TPSA) is 76.2 Å². The first-order valence-corrected chi connectivity index (χ1v) is 7.77. The summed E-state index contributed by atoms with van der Waals surface area (Å²) in [5.74, 6) is -0.452. The van der Waals surface area contributed by atoms with Crippen LogP contribution in [0.3, 0.4) is 0 Å². The lowest BCUT2D eigenvalue weighted by molar-refractivity contribution is -0.143. The minimum Gasteiger partial charge on any atom is -0.481 e. The third kappa shape index (κ3) is 2.85. The number of carboxylic acid groups (broad SMARTS) is 1. The number of carboxylic acids is 1. The van der Waals surface area contributed by atoms with E-state index in [9.17, 15) is 9.90 Å². The number of benzene rings is 1. The highest BCUT2D eigenvalue weighted by Crippen LogP contribution is 2.38. The second-order valence-electron chi connectivity index (χ2n) is 5.27. The van der Waals surface area contributed by atoms with Gasteiger partial charge in [0.05, 0.1) is 11.8 Å². The molecule has 1 aliphatic carbocycles. The minimum atomic E-state index is -0.777. The number of nitrogens with zero attached hydrogens (tertiary/aromatic N) is 2. The van der Waals surface area contributed by atoms with Gasteiger partial charge in [-0.25, -0.2) is 0 Å². The molecule has 2 aromatic rings. The monoisotopic (exact) mass is 350 g/mol. The Balaban J connectivity index is 1.91. The Bertz CT molecular complexity index is 656. The third-order valence-corrected chi connectivity index (χ3v) is 4.65. The van der Waals surface area contributed by atoms with Gasteiger partial charge in [-0.15, -0.1) is 0 Å². The maximum atomic E-state index is 11.4. The molecule has 1 aromatic carbocycles. The first kappa shape index (κ1) is 14.3. The molecule has 1 fully saturated rings. The molecule has 0 radical (unpaired) electrons. The van der Waals surface area contributed by atoms with Crippen LogP contribution >= 0.6 is 15.9 Å². The molecule has 2 atom stereocenters. The van der Waals surface area contributed by atoms with E-state index in [2.05, 4.69) is 26.1 Å². The zero-order valence-electron chi connectivity index (χ0n) is 11.3. The summed E-state index contributed by atoms with van der Waals surface area (Å²) in [7, 11) is 0. The average Bonchev–Trinajstić information content (AvgIpc) is 2.97. The molecule has 3 rings (SSSR count). The minimum absolute atomic E-state index is 0.181. The van der Waals surface area contributed by atoms with Crippen LogP contribution in [0, 0.1) is 5.92 Å². The van der Waals surface area contributed by atoms with Crippen molar-refractivity contribution in [2.45, 2.75) is 31.6 Å². The van der Waals surface area contributed by atoms with Gasteiger partial charge in [0.25, 0.3) is 0 Å². The normalized spacial score (nSPS) is 22.1. The smallest absolute Gasteiger partial charge is 0.307 e. The number of aromatic nitrogens is 2. The molecule has 1 heterocycles. The van der Waals surface area contributed by atoms with E-state index in [1.165, 1.54) is 0 Å². The van der Waals surface area contributed by atoms with E-state index in [1.54, 1.807) is 0 Å². The first-order valence-electron chi connectivity index (χ1n) is 6.98. The Labute approximate surface area is 130 Å². The van der Waals surface area contributed by atoms with Gasteiger partial charge in [0.15, 0.2) is 0 Å². The highest BCUT2D eigenvalue weighted by Gasteiger charge is 2.35. The molecule has 0 amide bonds. The van der Waals surface area contributed by atoms with Crippen LogP contribution in [0.25, 0.3) is 11.4 Å². The van der Waals surface area contributed by atoms with E-state index in [0.29, 0.717) is 18.1 Å². The predicted octanol–water partition coefficient (Wildman–Crippen LogP) is 3.86. The van der Waals surface area contributed by atoms with E-state index < -0.39 is 11.9 Å². The number of halogens is 1. The lowest BCUT2D eigenvalue weighted by Crippen LogP contribution is -2.25. The highest BCUT2D eigenvalue weighted by molar-refractivity contribution is 9.10. The molecule has 1 aromatic heterocycles. The number of aliphatic carboxylic acids is 1. The SMILES string of the molecule is O=C(O)C1CCCCC1c1nc(-c2ccccc2Br)no1. The van der Waals surface area contributed by atoms with Gasteiger partial charge < -0.3 is 9.63 Å². The first-order chi connectivity index (χ1) is 10.2. The fourth-order valence-corrected chi connectivity index (χ4v) is 3.32. The van der Waals surface area contributed by atoms with E-state index >= 15 is 0 Å². The molecule has 2 unspecified atom stereocenters. The lowest BCUT2D eigenvalue weighted by atomic mass is 9.79. The van der Waals surface area contributed by atoms with Crippen molar-refractivity contribution in [1.82, 2.24) is 10.1 Å². The van der Waals surface area contributed by atoms with Gasteiger partial charge >= 0.3 is 5.97 Å². The molecule has 1 saturated carbocycles. The van der Waals surface area contributed by atoms with Gasteiger partial charge in [-0.1, -0.05) is 46.1 Å². The maximum Gasteiger partial charge on any atom is 0.307 e. The predicted molar refractivity (Wildman–Crippen MR) is 79.8 cm³/mol. The Hall–Kier alpha value is -1.69. The standard InChI is InChI=1S/C15H15BrN2O3/c16-12-8-4-3-7-11(12)13-17-14(21-18-13)9-5-1-2-6-10(9)15(19)20/h3-4,7-10H,1-2,5-6H2,(H,19,20). The summed E-state index contributed by atoms with van der Waals surface area (Å²) < 4.78 is 6.23. The molecular weight excluding hydrogens is 336 g/mol. The van der Waals surface area contributed by atoms with Crippen LogP contribution in [0.1, 0.15) is 37.5 Å². The van der Waals surface area contributed by atoms with Crippen LogP contribution in [0.4, 0.5) is 0 Å². The molecule has 0 saturated heterocycles. The van der Waals surface area contributed by atoms with E-state index in [0.717, 1.165) is 29.3 Å². The van der Waals surface area contributed by atoms with Gasteiger partial charge in [-0.3, -0.25) is 4.79 Å². The van der Waals surface area contributed by atoms with E-state index in [4.69, 9.17) is 4.52 Å². The molecule has 0 aliphatic heterocycles. The molecular formula is C15H15BrN2O3. The summed E-state index contributed by atoms with van der Waals surface area (Å²) >= 11 is 3.46. The summed E-state index contributed by atoms with van der Waals surface area (Å²) in [4.78, 5) is 15.8. The van der Waals surface area contributed by atoms with Crippen LogP contribution < -0.4 is 0 Å². The van der Waals surface area contributed by atoms with Crippen LogP contribution in [-0.4, -0.2) is 21.2 Å². The molecule has 1 aliphatic rings. The Morgan fingerprint density at radius 3 is 2.81 bits per heavy atom. The highest BCUT2D eigenvalue weighted by atomic mass is 79.9. The van der Waals surface area contributed by atoms with Crippen molar-refractivity contribution in [2.75, 3.05) is 0 Å². The molecule has 110 valence electrons. The summed E-state index contributed by atoms with van der Waals surface area (Å²) in [6.07, 6.45) is 3.40. The molecule has 6 heteroatoms. The quantitative estimate of drug-likeness (QED) is 0.909. The van der Waals surface area contributed by atoms with E-state index in [1.807, 2.05) is 24.3 Å². The number of hydrogen-bond acceptors (Lipinski definition) is 4. The van der Waals surface area contributed by atoms with Crippen molar-refractivity contribution >= 4 is 21.9 Å². The maximum absolute atomic E-state index is 11.4. The van der Waals surface area contributed by atoms with Gasteiger partial charge in [-0.2, -0.15) is 4.98 Å². The zero-order valence-corrected chi connectivity index (χ0v) is 12.9. The van der Waals surface area contributed by atoms with Crippen LogP contribution in [0.5, 0.6) is 0 Å². The number of rotatable bonds is 3. The molecule has 5 nitrogen and oxygen atoms in total. The molecule has 0 bridgehead atoms. The molecule has 21 heavy (non-hydrogen) atoms. The second kappa shape index (κ2) is 5.97. The Kier molecular flexibility index (Phi) is 4.05. The van der Waals surface area contributed by atoms with E-state index in [-0.39, 0.29) is 5.92 Å². The second-order valence-corrected chi connectivity index (χ2v) is 6.13. The van der Waals surface area contributed by atoms with Crippen LogP contribution in [-0.2, 0) is 4.79 Å². The van der Waals surface area contributed by atoms with Crippen molar-refractivity contribution < 1.29 is 14.4 Å². The largest absolute Gasteiger partial charge is 0.481 e. The lowest BCUT2D eigenvalue weighted by Gasteiger charge is -2.25. The summed E-state index contributed by atoms with van der Waals surface area (Å²) in [5, 5.41) is 13.3. The van der Waals surface area contributed by atoms with Gasteiger partial charge in [-0.05, 0) is 25.0 Å². The number of hydrogen-bond donors (Lipinski definition) is 1. The number of carbonyl (C=O) groups is 1. The van der Waals surface area contributed by atoms with Crippen molar-refractivity contribution in [3.8, 4) is 11.4 Å². The molecule has 1 N–H and O–H groups in total. The Morgan fingerprint density at radius 2 is 2.05 bits per heavy atom. The molecule has 0 spiro atoms. The van der Waals surface area contributed by atoms with Crippen molar-refractivity contribution in [3.05, 3.63) is 34.6 Å². The van der Waals surface area contributed by atoms with Gasteiger partial charge in [0.1, 0.15) is 0 Å². The average molecular weight is 351 g/mol. The van der Waals surface area contributed by atoms with Crippen molar-refractivity contribution in [1.29, 1.82) is 0 Å². The fourth-order valence-electron chi connectivity index (χ4n) is 2.86.